The molecule has 454 valence electrons. The van der Waals surface area contributed by atoms with E-state index in [0.29, 0.717) is 18.8 Å². The van der Waals surface area contributed by atoms with Crippen molar-refractivity contribution >= 4 is 16.4 Å². The van der Waals surface area contributed by atoms with Gasteiger partial charge in [0.1, 0.15) is 96.5 Å². The van der Waals surface area contributed by atoms with Crippen LogP contribution < -0.4 is 0 Å². The molecular formula is C53H86O25S. The number of aliphatic hydroxyl groups excluding tert-OH is 10. The fourth-order valence-electron chi connectivity index (χ4n) is 16.0. The minimum Gasteiger partial charge on any atom is -0.459 e. The first-order chi connectivity index (χ1) is 37.1. The molecule has 5 aliphatic heterocycles. The number of aliphatic hydroxyl groups is 10. The van der Waals surface area contributed by atoms with Crippen molar-refractivity contribution in [3.8, 4) is 0 Å². The van der Waals surface area contributed by atoms with Crippen molar-refractivity contribution in [1.29, 1.82) is 0 Å². The third-order valence-corrected chi connectivity index (χ3v) is 20.4. The SMILES string of the molecule is CO[C@@H]1[C@@H](O)[C@H](O[C@@H]2[C@@H](O)[C@H](O[C@H]3[C@H](O)[C@@H](O)[C@H](O[C@H]4[C@H](O[C@H]5CC[C@]6(C)C7=C[C@H](O)[C@]89C(=O)O[C@@](C)(CCCC(C)C)[C@H]8CCC9C7CCC6C5(C)C)OC[C@@H](OS(=O)(=O)O)[C@@H]4O)O[C@@H]3C)O[C@H](CO)[C@H]2O)O[C@H](CO)[C@H]1O. The molecule has 0 radical (unpaired) electrons. The summed E-state index contributed by atoms with van der Waals surface area (Å²) in [6.07, 6.45) is -24.6. The van der Waals surface area contributed by atoms with Crippen molar-refractivity contribution < 1.29 is 120 Å². The zero-order chi connectivity index (χ0) is 57.6. The number of fused-ring (bicyclic) bond motifs is 4. The normalized spacial score (nSPS) is 50.8. The molecular weight excluding hydrogens is 1070 g/mol. The average molecular weight is 1160 g/mol. The van der Waals surface area contributed by atoms with E-state index in [1.807, 2.05) is 13.0 Å². The second-order valence-electron chi connectivity index (χ2n) is 25.2. The van der Waals surface area contributed by atoms with Gasteiger partial charge < -0.3 is 98.4 Å². The summed E-state index contributed by atoms with van der Waals surface area (Å²) in [4.78, 5) is 14.2. The molecule has 0 bridgehead atoms. The van der Waals surface area contributed by atoms with Crippen molar-refractivity contribution in [3.05, 3.63) is 11.6 Å². The van der Waals surface area contributed by atoms with Crippen molar-refractivity contribution in [2.45, 2.75) is 241 Å². The zero-order valence-corrected chi connectivity index (χ0v) is 46.9. The van der Waals surface area contributed by atoms with Crippen LogP contribution in [0.1, 0.15) is 106 Å². The summed E-state index contributed by atoms with van der Waals surface area (Å²) < 4.78 is 97.9. The number of carbonyl (C=O) groups excluding carboxylic acids is 1. The Bertz CT molecular complexity index is 2270. The van der Waals surface area contributed by atoms with Gasteiger partial charge >= 0.3 is 16.4 Å². The molecule has 9 rings (SSSR count). The van der Waals surface area contributed by atoms with E-state index in [4.69, 9.17) is 51.6 Å². The Balaban J connectivity index is 0.896. The first kappa shape index (κ1) is 61.9. The van der Waals surface area contributed by atoms with Crippen LogP contribution >= 0.6 is 0 Å². The molecule has 1 spiro atoms. The molecule has 8 fully saturated rings. The molecule has 0 amide bonds. The Morgan fingerprint density at radius 3 is 1.91 bits per heavy atom. The molecule has 26 heteroatoms. The molecule has 5 saturated heterocycles. The Morgan fingerprint density at radius 2 is 1.29 bits per heavy atom. The Labute approximate surface area is 460 Å². The van der Waals surface area contributed by atoms with Gasteiger partial charge in [0.05, 0.1) is 38.1 Å². The van der Waals surface area contributed by atoms with Crippen LogP contribution in [0.25, 0.3) is 0 Å². The fraction of sp³-hybridized carbons (Fsp3) is 0.943. The van der Waals surface area contributed by atoms with Crippen LogP contribution in [0.4, 0.5) is 0 Å². The van der Waals surface area contributed by atoms with Gasteiger partial charge in [0.15, 0.2) is 25.2 Å². The van der Waals surface area contributed by atoms with Crippen molar-refractivity contribution in [3.63, 3.8) is 0 Å². The molecule has 3 saturated carbocycles. The van der Waals surface area contributed by atoms with Gasteiger partial charge in [-0.05, 0) is 99.7 Å². The van der Waals surface area contributed by atoms with E-state index < -0.39 is 181 Å². The number of ether oxygens (including phenoxy) is 10. The van der Waals surface area contributed by atoms with Crippen molar-refractivity contribution in [1.82, 2.24) is 0 Å². The fourth-order valence-corrected chi connectivity index (χ4v) is 16.4. The highest BCUT2D eigenvalue weighted by molar-refractivity contribution is 7.80. The van der Waals surface area contributed by atoms with Gasteiger partial charge in [0.2, 0.25) is 0 Å². The standard InChI is InChI=1S/C53H86O25S/c1-22(2)10-9-16-52(7)31-14-12-25-24-11-13-30-50(4,5)33(15-17-51(30,6)26(24)18-32(56)53(25,31)49(64)77-52)73-48-44(36(59)29(21-69-48)78-79(65,66)67)76-45-38(61)37(60)41(23(3)70-45)74-47-40(63)43(35(58)28(20-55)72-47)75-46-39(62)42(68-8)34(57)27(19-54)71-46/h18,22-25,27-48,54-63H,9-17,19-21H2,1-8H3,(H,65,66,67)/t23-,24?,25?,27-,28-,29-,30?,31-,32+,33+,34-,35-,36+,37-,38-,39-,40-,41-,42+,43+,44-,45+,46+,47+,48+,51-,52+,53-/m1/s1. The van der Waals surface area contributed by atoms with Crippen LogP contribution in [0.3, 0.4) is 0 Å². The van der Waals surface area contributed by atoms with Gasteiger partial charge in [0.25, 0.3) is 0 Å². The minimum absolute atomic E-state index is 0.0243. The van der Waals surface area contributed by atoms with Gasteiger partial charge in [0, 0.05) is 13.0 Å². The maximum Gasteiger partial charge on any atom is 0.397 e. The van der Waals surface area contributed by atoms with Gasteiger partial charge in [-0.3, -0.25) is 9.35 Å². The second-order valence-corrected chi connectivity index (χ2v) is 26.3. The summed E-state index contributed by atoms with van der Waals surface area (Å²) in [6.45, 7) is 12.0. The predicted molar refractivity (Wildman–Crippen MR) is 268 cm³/mol. The molecule has 11 N–H and O–H groups in total. The minimum atomic E-state index is -5.17. The molecule has 5 heterocycles. The summed E-state index contributed by atoms with van der Waals surface area (Å²) in [7, 11) is -3.98. The summed E-state index contributed by atoms with van der Waals surface area (Å²) in [5, 5.41) is 111. The number of hydrogen-bond acceptors (Lipinski definition) is 24. The van der Waals surface area contributed by atoms with E-state index in [-0.39, 0.29) is 29.6 Å². The number of esters is 1. The lowest BCUT2D eigenvalue weighted by atomic mass is 9.43. The van der Waals surface area contributed by atoms with Crippen LogP contribution in [0.5, 0.6) is 0 Å². The zero-order valence-electron chi connectivity index (χ0n) is 46.1. The lowest BCUT2D eigenvalue weighted by Gasteiger charge is -2.62. The maximum atomic E-state index is 14.2. The van der Waals surface area contributed by atoms with E-state index in [0.717, 1.165) is 50.5 Å². The monoisotopic (exact) mass is 1150 g/mol. The number of allylic oxidation sites excluding steroid dienone is 1. The molecule has 3 unspecified atom stereocenters. The molecule has 0 aromatic heterocycles. The number of rotatable bonds is 17. The smallest absolute Gasteiger partial charge is 0.397 e. The van der Waals surface area contributed by atoms with Crippen molar-refractivity contribution in [2.75, 3.05) is 26.9 Å². The lowest BCUT2D eigenvalue weighted by molar-refractivity contribution is -0.389. The van der Waals surface area contributed by atoms with Crippen molar-refractivity contribution in [2.24, 2.45) is 45.8 Å². The number of hydrogen-bond donors (Lipinski definition) is 11. The first-order valence-electron chi connectivity index (χ1n) is 28.1. The number of carbonyl (C=O) groups is 1. The third kappa shape index (κ3) is 10.9. The summed E-state index contributed by atoms with van der Waals surface area (Å²) in [5.74, 6) is 0.0817. The lowest BCUT2D eigenvalue weighted by Crippen LogP contribution is -2.67. The number of cyclic esters (lactones) is 1. The van der Waals surface area contributed by atoms with E-state index in [9.17, 15) is 68.8 Å². The molecule has 0 aromatic rings. The van der Waals surface area contributed by atoms with Crippen LogP contribution in [0.2, 0.25) is 0 Å². The highest BCUT2D eigenvalue weighted by Gasteiger charge is 2.74. The first-order valence-corrected chi connectivity index (χ1v) is 29.4. The van der Waals surface area contributed by atoms with Gasteiger partial charge in [-0.2, -0.15) is 8.42 Å². The van der Waals surface area contributed by atoms with Crippen LogP contribution in [0, 0.1) is 45.8 Å². The second kappa shape index (κ2) is 23.3. The summed E-state index contributed by atoms with van der Waals surface area (Å²) in [5.41, 5.74) is -1.56. The third-order valence-electron chi connectivity index (χ3n) is 19.9. The van der Waals surface area contributed by atoms with E-state index in [1.54, 1.807) is 0 Å². The Hall–Kier alpha value is -1.68. The molecule has 28 atom stereocenters. The Kier molecular flexibility index (Phi) is 18.2. The van der Waals surface area contributed by atoms with Gasteiger partial charge in [-0.15, -0.1) is 0 Å². The maximum absolute atomic E-state index is 14.2. The molecule has 79 heavy (non-hydrogen) atoms. The van der Waals surface area contributed by atoms with Crippen LogP contribution in [-0.4, -0.2) is 231 Å². The van der Waals surface area contributed by atoms with Gasteiger partial charge in [-0.1, -0.05) is 52.7 Å². The largest absolute Gasteiger partial charge is 0.459 e. The molecule has 0 aromatic carbocycles. The van der Waals surface area contributed by atoms with Crippen LogP contribution in [-0.2, 0) is 66.7 Å². The average Bonchev–Trinajstić information content (AvgIpc) is 2.78. The Morgan fingerprint density at radius 1 is 0.696 bits per heavy atom. The van der Waals surface area contributed by atoms with E-state index >= 15 is 0 Å². The summed E-state index contributed by atoms with van der Waals surface area (Å²) >= 11 is 0. The van der Waals surface area contributed by atoms with E-state index in [1.165, 1.54) is 14.0 Å². The molecule has 25 nitrogen and oxygen atoms in total. The van der Waals surface area contributed by atoms with Crippen LogP contribution in [0.15, 0.2) is 11.6 Å². The quantitative estimate of drug-likeness (QED) is 0.0364. The number of methoxy groups -OCH3 is 1. The summed E-state index contributed by atoms with van der Waals surface area (Å²) in [6, 6.07) is 0. The molecule has 4 aliphatic carbocycles. The highest BCUT2D eigenvalue weighted by Crippen LogP contribution is 2.71. The highest BCUT2D eigenvalue weighted by atomic mass is 32.3. The van der Waals surface area contributed by atoms with E-state index in [2.05, 4.69) is 34.6 Å². The predicted octanol–water partition coefficient (Wildman–Crippen LogP) is -0.900. The van der Waals surface area contributed by atoms with Gasteiger partial charge in [-0.25, -0.2) is 4.18 Å². The topological polar surface area (TPSA) is 375 Å². The molecule has 9 aliphatic rings.